The summed E-state index contributed by atoms with van der Waals surface area (Å²) in [6, 6.07) is 2.11. The summed E-state index contributed by atoms with van der Waals surface area (Å²) in [6.07, 6.45) is -3.92. The van der Waals surface area contributed by atoms with Gasteiger partial charge >= 0.3 is 6.18 Å². The molecule has 11 heavy (non-hydrogen) atoms. The molecule has 0 spiro atoms. The van der Waals surface area contributed by atoms with Crippen molar-refractivity contribution in [3.05, 3.63) is 23.7 Å². The van der Waals surface area contributed by atoms with E-state index in [1.54, 1.807) is 0 Å². The highest BCUT2D eigenvalue weighted by Gasteiger charge is 2.32. The van der Waals surface area contributed by atoms with Crippen LogP contribution in [0.1, 0.15) is 11.3 Å². The van der Waals surface area contributed by atoms with E-state index in [9.17, 15) is 13.2 Å². The van der Waals surface area contributed by atoms with Crippen molar-refractivity contribution in [3.8, 4) is 6.07 Å². The zero-order chi connectivity index (χ0) is 8.48. The van der Waals surface area contributed by atoms with Gasteiger partial charge in [-0.25, -0.2) is 0 Å². The minimum atomic E-state index is -4.43. The lowest BCUT2D eigenvalue weighted by molar-refractivity contribution is -0.137. The van der Waals surface area contributed by atoms with Gasteiger partial charge in [0, 0.05) is 6.07 Å². The molecule has 58 valence electrons. The van der Waals surface area contributed by atoms with E-state index in [4.69, 9.17) is 5.26 Å². The fourth-order valence-electron chi connectivity index (χ4n) is 0.544. The summed E-state index contributed by atoms with van der Waals surface area (Å²) < 4.78 is 39.6. The standard InChI is InChI=1S/C6H2F3NO/c7-6(8,9)4-1-5(2-10)11-3-4/h1,3H. The molecule has 0 atom stereocenters. The zero-order valence-electron chi connectivity index (χ0n) is 5.14. The summed E-state index contributed by atoms with van der Waals surface area (Å²) in [5.74, 6) is -0.336. The van der Waals surface area contributed by atoms with Crippen molar-refractivity contribution >= 4 is 0 Å². The third-order valence-electron chi connectivity index (χ3n) is 1.04. The van der Waals surface area contributed by atoms with E-state index in [1.807, 2.05) is 0 Å². The van der Waals surface area contributed by atoms with Crippen LogP contribution in [0.5, 0.6) is 0 Å². The maximum atomic E-state index is 11.8. The van der Waals surface area contributed by atoms with E-state index in [0.717, 1.165) is 0 Å². The van der Waals surface area contributed by atoms with Crippen molar-refractivity contribution in [1.29, 1.82) is 5.26 Å². The molecule has 0 fully saturated rings. The Labute approximate surface area is 59.8 Å². The Morgan fingerprint density at radius 1 is 1.45 bits per heavy atom. The highest BCUT2D eigenvalue weighted by molar-refractivity contribution is 5.24. The van der Waals surface area contributed by atoms with Gasteiger partial charge < -0.3 is 4.42 Å². The van der Waals surface area contributed by atoms with Crippen molar-refractivity contribution < 1.29 is 17.6 Å². The SMILES string of the molecule is N#Cc1cc(C(F)(F)F)co1. The van der Waals surface area contributed by atoms with Crippen molar-refractivity contribution in [1.82, 2.24) is 0 Å². The van der Waals surface area contributed by atoms with Gasteiger partial charge in [-0.3, -0.25) is 0 Å². The van der Waals surface area contributed by atoms with Gasteiger partial charge in [-0.2, -0.15) is 18.4 Å². The molecule has 1 aromatic heterocycles. The van der Waals surface area contributed by atoms with Crippen LogP contribution in [0, 0.1) is 11.3 Å². The van der Waals surface area contributed by atoms with Crippen LogP contribution in [0.3, 0.4) is 0 Å². The summed E-state index contributed by atoms with van der Waals surface area (Å²) in [5, 5.41) is 8.11. The van der Waals surface area contributed by atoms with Gasteiger partial charge in [-0.15, -0.1) is 0 Å². The molecule has 5 heteroatoms. The van der Waals surface area contributed by atoms with Crippen LogP contribution in [0.15, 0.2) is 16.7 Å². The molecule has 0 N–H and O–H groups in total. The molecular weight excluding hydrogens is 159 g/mol. The summed E-state index contributed by atoms with van der Waals surface area (Å²) in [7, 11) is 0. The van der Waals surface area contributed by atoms with Crippen molar-refractivity contribution in [2.75, 3.05) is 0 Å². The van der Waals surface area contributed by atoms with E-state index in [2.05, 4.69) is 4.42 Å². The van der Waals surface area contributed by atoms with E-state index in [0.29, 0.717) is 12.3 Å². The molecule has 1 heterocycles. The van der Waals surface area contributed by atoms with Gasteiger partial charge in [0.1, 0.15) is 12.3 Å². The lowest BCUT2D eigenvalue weighted by atomic mass is 10.3. The third kappa shape index (κ3) is 1.52. The average molecular weight is 161 g/mol. The summed E-state index contributed by atoms with van der Waals surface area (Å²) >= 11 is 0. The molecule has 2 nitrogen and oxygen atoms in total. The summed E-state index contributed by atoms with van der Waals surface area (Å²) in [5.41, 5.74) is -0.936. The van der Waals surface area contributed by atoms with Crippen LogP contribution in [-0.4, -0.2) is 0 Å². The first-order chi connectivity index (χ1) is 5.04. The molecule has 0 bridgehead atoms. The Hall–Kier alpha value is -1.44. The molecule has 0 saturated carbocycles. The Balaban J connectivity index is 3.01. The Kier molecular flexibility index (Phi) is 1.61. The topological polar surface area (TPSA) is 36.9 Å². The molecule has 0 aliphatic rings. The molecule has 0 radical (unpaired) electrons. The smallest absolute Gasteiger partial charge is 0.419 e. The molecule has 1 rings (SSSR count). The number of furan rings is 1. The minimum absolute atomic E-state index is 0.336. The number of alkyl halides is 3. The Morgan fingerprint density at radius 3 is 2.36 bits per heavy atom. The first-order valence-corrected chi connectivity index (χ1v) is 2.60. The highest BCUT2D eigenvalue weighted by atomic mass is 19.4. The lowest BCUT2D eigenvalue weighted by Gasteiger charge is -1.98. The number of hydrogen-bond donors (Lipinski definition) is 0. The normalized spacial score (nSPS) is 11.1. The van der Waals surface area contributed by atoms with Crippen LogP contribution in [0.4, 0.5) is 13.2 Å². The first kappa shape index (κ1) is 7.66. The lowest BCUT2D eigenvalue weighted by Crippen LogP contribution is -2.01. The quantitative estimate of drug-likeness (QED) is 0.584. The van der Waals surface area contributed by atoms with E-state index in [1.165, 1.54) is 6.07 Å². The highest BCUT2D eigenvalue weighted by Crippen LogP contribution is 2.30. The van der Waals surface area contributed by atoms with Crippen molar-refractivity contribution in [3.63, 3.8) is 0 Å². The predicted molar refractivity (Wildman–Crippen MR) is 28.4 cm³/mol. The molecular formula is C6H2F3NO. The van der Waals surface area contributed by atoms with Gasteiger partial charge in [-0.1, -0.05) is 0 Å². The molecule has 0 saturated heterocycles. The van der Waals surface area contributed by atoms with Crippen LogP contribution >= 0.6 is 0 Å². The van der Waals surface area contributed by atoms with Crippen molar-refractivity contribution in [2.24, 2.45) is 0 Å². The second-order valence-corrected chi connectivity index (χ2v) is 1.81. The van der Waals surface area contributed by atoms with Crippen LogP contribution < -0.4 is 0 Å². The van der Waals surface area contributed by atoms with E-state index in [-0.39, 0.29) is 5.76 Å². The monoisotopic (exact) mass is 161 g/mol. The van der Waals surface area contributed by atoms with Crippen LogP contribution in [-0.2, 0) is 6.18 Å². The second kappa shape index (κ2) is 2.31. The van der Waals surface area contributed by atoms with Gasteiger partial charge in [0.05, 0.1) is 5.56 Å². The molecule has 0 aliphatic heterocycles. The molecule has 0 aliphatic carbocycles. The first-order valence-electron chi connectivity index (χ1n) is 2.60. The zero-order valence-corrected chi connectivity index (χ0v) is 5.14. The number of nitrogens with zero attached hydrogens (tertiary/aromatic N) is 1. The second-order valence-electron chi connectivity index (χ2n) is 1.81. The molecule has 0 unspecified atom stereocenters. The van der Waals surface area contributed by atoms with E-state index < -0.39 is 11.7 Å². The Morgan fingerprint density at radius 2 is 2.09 bits per heavy atom. The van der Waals surface area contributed by atoms with Crippen LogP contribution in [0.2, 0.25) is 0 Å². The van der Waals surface area contributed by atoms with Gasteiger partial charge in [0.25, 0.3) is 0 Å². The largest absolute Gasteiger partial charge is 0.453 e. The number of hydrogen-bond acceptors (Lipinski definition) is 2. The van der Waals surface area contributed by atoms with Crippen LogP contribution in [0.25, 0.3) is 0 Å². The fourth-order valence-corrected chi connectivity index (χ4v) is 0.544. The molecule has 0 amide bonds. The number of halogens is 3. The van der Waals surface area contributed by atoms with Gasteiger partial charge in [0.2, 0.25) is 5.76 Å². The third-order valence-corrected chi connectivity index (χ3v) is 1.04. The van der Waals surface area contributed by atoms with Gasteiger partial charge in [0.15, 0.2) is 0 Å². The fraction of sp³-hybridized carbons (Fsp3) is 0.167. The Bertz CT molecular complexity index is 294. The van der Waals surface area contributed by atoms with Gasteiger partial charge in [-0.05, 0) is 0 Å². The minimum Gasteiger partial charge on any atom is -0.453 e. The van der Waals surface area contributed by atoms with E-state index >= 15 is 0 Å². The number of rotatable bonds is 0. The summed E-state index contributed by atoms with van der Waals surface area (Å²) in [6.45, 7) is 0. The number of nitriles is 1. The predicted octanol–water partition coefficient (Wildman–Crippen LogP) is 2.17. The average Bonchev–Trinajstić information content (AvgIpc) is 2.32. The maximum Gasteiger partial charge on any atom is 0.419 e. The molecule has 1 aromatic rings. The maximum absolute atomic E-state index is 11.8. The van der Waals surface area contributed by atoms with Crippen molar-refractivity contribution in [2.45, 2.75) is 6.18 Å². The molecule has 0 aromatic carbocycles. The summed E-state index contributed by atoms with van der Waals surface area (Å²) in [4.78, 5) is 0.